The van der Waals surface area contributed by atoms with Gasteiger partial charge in [-0.15, -0.1) is 0 Å². The second-order valence-electron chi connectivity index (χ2n) is 5.37. The van der Waals surface area contributed by atoms with Crippen molar-refractivity contribution in [2.75, 3.05) is 19.6 Å². The molecule has 100 valence electrons. The second-order valence-corrected chi connectivity index (χ2v) is 5.37. The van der Waals surface area contributed by atoms with E-state index in [1.165, 1.54) is 11.1 Å². The second kappa shape index (κ2) is 5.83. The SMILES string of the molecule is Cc1ccc([C@H](CN)N2C[C@H](C)O[C@@H](C)C2)cc1. The van der Waals surface area contributed by atoms with Gasteiger partial charge in [0.2, 0.25) is 0 Å². The molecule has 1 heterocycles. The molecule has 0 aromatic heterocycles. The lowest BCUT2D eigenvalue weighted by Crippen LogP contribution is -2.48. The maximum Gasteiger partial charge on any atom is 0.0678 e. The maximum atomic E-state index is 5.98. The molecule has 1 aromatic carbocycles. The molecule has 0 aliphatic carbocycles. The summed E-state index contributed by atoms with van der Waals surface area (Å²) in [5, 5.41) is 0. The Morgan fingerprint density at radius 1 is 1.22 bits per heavy atom. The van der Waals surface area contributed by atoms with Gasteiger partial charge < -0.3 is 10.5 Å². The molecule has 1 aliphatic heterocycles. The maximum absolute atomic E-state index is 5.98. The molecular formula is C15H24N2O. The van der Waals surface area contributed by atoms with Crippen LogP contribution in [-0.2, 0) is 4.74 Å². The van der Waals surface area contributed by atoms with Crippen molar-refractivity contribution < 1.29 is 4.74 Å². The van der Waals surface area contributed by atoms with E-state index in [9.17, 15) is 0 Å². The zero-order valence-corrected chi connectivity index (χ0v) is 11.6. The average molecular weight is 248 g/mol. The van der Waals surface area contributed by atoms with E-state index in [4.69, 9.17) is 10.5 Å². The Labute approximate surface area is 110 Å². The summed E-state index contributed by atoms with van der Waals surface area (Å²) in [5.74, 6) is 0. The molecule has 0 radical (unpaired) electrons. The highest BCUT2D eigenvalue weighted by Crippen LogP contribution is 2.24. The minimum atomic E-state index is 0.285. The van der Waals surface area contributed by atoms with E-state index in [0.29, 0.717) is 12.6 Å². The van der Waals surface area contributed by atoms with Gasteiger partial charge in [0.1, 0.15) is 0 Å². The number of nitrogens with two attached hydrogens (primary N) is 1. The zero-order chi connectivity index (χ0) is 13.1. The number of hydrogen-bond donors (Lipinski definition) is 1. The quantitative estimate of drug-likeness (QED) is 0.890. The van der Waals surface area contributed by atoms with Crippen molar-refractivity contribution in [3.05, 3.63) is 35.4 Å². The predicted octanol–water partition coefficient (Wildman–Crippen LogP) is 2.10. The van der Waals surface area contributed by atoms with Crippen molar-refractivity contribution in [1.29, 1.82) is 0 Å². The van der Waals surface area contributed by atoms with E-state index in [1.807, 2.05) is 0 Å². The first-order valence-electron chi connectivity index (χ1n) is 6.76. The minimum Gasteiger partial charge on any atom is -0.373 e. The smallest absolute Gasteiger partial charge is 0.0678 e. The molecule has 1 aliphatic rings. The van der Waals surface area contributed by atoms with Crippen LogP contribution in [0.3, 0.4) is 0 Å². The van der Waals surface area contributed by atoms with E-state index in [2.05, 4.69) is 49.9 Å². The molecule has 0 amide bonds. The highest BCUT2D eigenvalue weighted by Gasteiger charge is 2.27. The van der Waals surface area contributed by atoms with Gasteiger partial charge >= 0.3 is 0 Å². The molecule has 2 rings (SSSR count). The van der Waals surface area contributed by atoms with E-state index >= 15 is 0 Å². The molecular weight excluding hydrogens is 224 g/mol. The number of aryl methyl sites for hydroxylation is 1. The van der Waals surface area contributed by atoms with Crippen LogP contribution in [0.4, 0.5) is 0 Å². The van der Waals surface area contributed by atoms with Gasteiger partial charge in [-0.25, -0.2) is 0 Å². The lowest BCUT2D eigenvalue weighted by Gasteiger charge is -2.40. The third kappa shape index (κ3) is 3.10. The van der Waals surface area contributed by atoms with Gasteiger partial charge in [-0.1, -0.05) is 29.8 Å². The lowest BCUT2D eigenvalue weighted by molar-refractivity contribution is -0.0799. The largest absolute Gasteiger partial charge is 0.373 e. The van der Waals surface area contributed by atoms with Gasteiger partial charge in [0.05, 0.1) is 12.2 Å². The summed E-state index contributed by atoms with van der Waals surface area (Å²) >= 11 is 0. The van der Waals surface area contributed by atoms with Crippen molar-refractivity contribution in [3.63, 3.8) is 0 Å². The monoisotopic (exact) mass is 248 g/mol. The molecule has 0 spiro atoms. The minimum absolute atomic E-state index is 0.285. The van der Waals surface area contributed by atoms with Crippen LogP contribution in [0.15, 0.2) is 24.3 Å². The van der Waals surface area contributed by atoms with Gasteiger partial charge in [-0.2, -0.15) is 0 Å². The molecule has 3 atom stereocenters. The van der Waals surface area contributed by atoms with Gasteiger partial charge in [-0.3, -0.25) is 4.90 Å². The zero-order valence-electron chi connectivity index (χ0n) is 11.6. The standard InChI is InChI=1S/C15H24N2O/c1-11-4-6-14(7-5-11)15(8-16)17-9-12(2)18-13(3)10-17/h4-7,12-13,15H,8-10,16H2,1-3H3/t12-,13-,15-/m0/s1. The van der Waals surface area contributed by atoms with Crippen molar-refractivity contribution in [2.24, 2.45) is 5.73 Å². The third-order valence-corrected chi connectivity index (χ3v) is 3.57. The van der Waals surface area contributed by atoms with Crippen LogP contribution in [0.2, 0.25) is 0 Å². The van der Waals surface area contributed by atoms with Crippen LogP contribution in [0.25, 0.3) is 0 Å². The van der Waals surface area contributed by atoms with Gasteiger partial charge in [0.25, 0.3) is 0 Å². The molecule has 1 saturated heterocycles. The van der Waals surface area contributed by atoms with E-state index in [1.54, 1.807) is 0 Å². The number of hydrogen-bond acceptors (Lipinski definition) is 3. The first-order valence-corrected chi connectivity index (χ1v) is 6.76. The Morgan fingerprint density at radius 3 is 2.28 bits per heavy atom. The predicted molar refractivity (Wildman–Crippen MR) is 74.6 cm³/mol. The molecule has 3 heteroatoms. The average Bonchev–Trinajstić information content (AvgIpc) is 2.31. The summed E-state index contributed by atoms with van der Waals surface area (Å²) in [6, 6.07) is 9.01. The molecule has 0 unspecified atom stereocenters. The van der Waals surface area contributed by atoms with Crippen molar-refractivity contribution in [1.82, 2.24) is 4.90 Å². The summed E-state index contributed by atoms with van der Waals surface area (Å²) in [6.07, 6.45) is 0.571. The summed E-state index contributed by atoms with van der Waals surface area (Å²) in [5.41, 5.74) is 8.58. The Balaban J connectivity index is 2.14. The molecule has 18 heavy (non-hydrogen) atoms. The number of rotatable bonds is 3. The molecule has 0 bridgehead atoms. The molecule has 1 fully saturated rings. The van der Waals surface area contributed by atoms with Crippen LogP contribution in [0.5, 0.6) is 0 Å². The van der Waals surface area contributed by atoms with E-state index < -0.39 is 0 Å². The number of benzene rings is 1. The Kier molecular flexibility index (Phi) is 4.38. The third-order valence-electron chi connectivity index (χ3n) is 3.57. The fraction of sp³-hybridized carbons (Fsp3) is 0.600. The van der Waals surface area contributed by atoms with Crippen LogP contribution in [0, 0.1) is 6.92 Å². The topological polar surface area (TPSA) is 38.5 Å². The van der Waals surface area contributed by atoms with Gasteiger partial charge in [-0.05, 0) is 26.3 Å². The fourth-order valence-corrected chi connectivity index (χ4v) is 2.76. The number of ether oxygens (including phenoxy) is 1. The van der Waals surface area contributed by atoms with Crippen molar-refractivity contribution in [3.8, 4) is 0 Å². The normalized spacial score (nSPS) is 27.1. The molecule has 3 nitrogen and oxygen atoms in total. The molecule has 2 N–H and O–H groups in total. The number of nitrogens with zero attached hydrogens (tertiary/aromatic N) is 1. The molecule has 1 aromatic rings. The van der Waals surface area contributed by atoms with Crippen LogP contribution >= 0.6 is 0 Å². The van der Waals surface area contributed by atoms with Gasteiger partial charge in [0.15, 0.2) is 0 Å². The van der Waals surface area contributed by atoms with Crippen LogP contribution < -0.4 is 5.73 Å². The van der Waals surface area contributed by atoms with Crippen molar-refractivity contribution >= 4 is 0 Å². The van der Waals surface area contributed by atoms with E-state index in [0.717, 1.165) is 13.1 Å². The molecule has 0 saturated carbocycles. The van der Waals surface area contributed by atoms with Crippen LogP contribution in [0.1, 0.15) is 31.0 Å². The summed E-state index contributed by atoms with van der Waals surface area (Å²) in [4.78, 5) is 2.45. The van der Waals surface area contributed by atoms with Crippen molar-refractivity contribution in [2.45, 2.75) is 39.0 Å². The Bertz CT molecular complexity index is 367. The Hall–Kier alpha value is -0.900. The van der Waals surface area contributed by atoms with Gasteiger partial charge in [0, 0.05) is 25.7 Å². The first kappa shape index (κ1) is 13.5. The summed E-state index contributed by atoms with van der Waals surface area (Å²) < 4.78 is 5.78. The first-order chi connectivity index (χ1) is 8.60. The highest BCUT2D eigenvalue weighted by molar-refractivity contribution is 5.24. The fourth-order valence-electron chi connectivity index (χ4n) is 2.76. The summed E-state index contributed by atoms with van der Waals surface area (Å²) in [6.45, 7) is 8.94. The van der Waals surface area contributed by atoms with E-state index in [-0.39, 0.29) is 12.2 Å². The number of morpholine rings is 1. The lowest BCUT2D eigenvalue weighted by atomic mass is 10.0. The Morgan fingerprint density at radius 2 is 1.78 bits per heavy atom. The van der Waals surface area contributed by atoms with Crippen LogP contribution in [-0.4, -0.2) is 36.7 Å². The summed E-state index contributed by atoms with van der Waals surface area (Å²) in [7, 11) is 0. The highest BCUT2D eigenvalue weighted by atomic mass is 16.5.